The van der Waals surface area contributed by atoms with E-state index in [0.717, 1.165) is 24.7 Å². The van der Waals surface area contributed by atoms with Crippen LogP contribution in [-0.2, 0) is 0 Å². The molecule has 0 atom stereocenters. The van der Waals surface area contributed by atoms with E-state index in [1.807, 2.05) is 0 Å². The smallest absolute Gasteiger partial charge is 0.200 e. The topological polar surface area (TPSA) is 9.23 Å². The van der Waals surface area contributed by atoms with Gasteiger partial charge in [0.25, 0.3) is 0 Å². The lowest BCUT2D eigenvalue weighted by atomic mass is 9.78. The van der Waals surface area contributed by atoms with Gasteiger partial charge in [0.2, 0.25) is 5.82 Å². The lowest BCUT2D eigenvalue weighted by Crippen LogP contribution is -2.21. The van der Waals surface area contributed by atoms with Crippen LogP contribution in [0.1, 0.15) is 109 Å². The Morgan fingerprint density at radius 2 is 1.44 bits per heavy atom. The van der Waals surface area contributed by atoms with E-state index in [0.29, 0.717) is 12.2 Å². The van der Waals surface area contributed by atoms with Gasteiger partial charge in [-0.25, -0.2) is 4.39 Å². The second-order valence-corrected chi connectivity index (χ2v) is 14.1. The van der Waals surface area contributed by atoms with Crippen LogP contribution < -0.4 is 4.74 Å². The monoisotopic (exact) mass is 464 g/mol. The van der Waals surface area contributed by atoms with E-state index in [2.05, 4.69) is 6.92 Å². The first-order chi connectivity index (χ1) is 15.6. The van der Waals surface area contributed by atoms with Crippen LogP contribution in [0.5, 0.6) is 5.75 Å². The highest BCUT2D eigenvalue weighted by Gasteiger charge is 2.27. The minimum Gasteiger partial charge on any atom is -0.491 e. The number of ether oxygens (including phenoxy) is 1. The van der Waals surface area contributed by atoms with Crippen LogP contribution in [0.3, 0.4) is 0 Å². The molecular weight excluding hydrogens is 418 g/mol. The molecule has 1 aliphatic carbocycles. The Morgan fingerprint density at radius 3 is 2.03 bits per heavy atom. The zero-order chi connectivity index (χ0) is 22.8. The van der Waals surface area contributed by atoms with Crippen LogP contribution in [0.25, 0.3) is 0 Å². The summed E-state index contributed by atoms with van der Waals surface area (Å²) in [5.74, 6) is 0.763. The van der Waals surface area contributed by atoms with Gasteiger partial charge in [0.1, 0.15) is 0 Å². The molecule has 1 saturated carbocycles. The Morgan fingerprint density at radius 1 is 0.812 bits per heavy atom. The molecule has 2 fully saturated rings. The standard InChI is InChI=1S/C28H46F2OSi/c1-3-5-6-9-22-11-13-23(14-12-22)10-7-8-19-32-20-17-24(18-21-32)25-15-16-26(31-4-2)28(30)27(25)29/h15-16,22-24,32H,3-14,17-21H2,1-2H3. The molecule has 1 aromatic carbocycles. The van der Waals surface area contributed by atoms with E-state index in [-0.39, 0.29) is 11.7 Å². The van der Waals surface area contributed by atoms with Crippen LogP contribution >= 0.6 is 0 Å². The molecule has 1 aliphatic heterocycles. The fourth-order valence-electron chi connectivity index (χ4n) is 6.25. The Labute approximate surface area is 197 Å². The van der Waals surface area contributed by atoms with Crippen molar-refractivity contribution >= 4 is 8.80 Å². The summed E-state index contributed by atoms with van der Waals surface area (Å²) in [6, 6.07) is 7.41. The first-order valence-corrected chi connectivity index (χ1v) is 16.2. The second-order valence-electron chi connectivity index (χ2n) is 10.6. The molecule has 0 bridgehead atoms. The molecule has 1 heterocycles. The van der Waals surface area contributed by atoms with Gasteiger partial charge in [-0.05, 0) is 49.1 Å². The van der Waals surface area contributed by atoms with Gasteiger partial charge in [-0.2, -0.15) is 4.39 Å². The molecule has 0 radical (unpaired) electrons. The normalized spacial score (nSPS) is 26.2. The quantitative estimate of drug-likeness (QED) is 0.221. The predicted molar refractivity (Wildman–Crippen MR) is 135 cm³/mol. The number of rotatable bonds is 12. The van der Waals surface area contributed by atoms with E-state index in [1.165, 1.54) is 88.8 Å². The van der Waals surface area contributed by atoms with Crippen molar-refractivity contribution in [2.24, 2.45) is 11.8 Å². The summed E-state index contributed by atoms with van der Waals surface area (Å²) >= 11 is 0. The first-order valence-electron chi connectivity index (χ1n) is 13.7. The van der Waals surface area contributed by atoms with E-state index in [4.69, 9.17) is 4.74 Å². The Bertz CT molecular complexity index is 664. The second kappa shape index (κ2) is 13.7. The maximum Gasteiger partial charge on any atom is 0.200 e. The highest BCUT2D eigenvalue weighted by molar-refractivity contribution is 6.59. The van der Waals surface area contributed by atoms with Crippen molar-refractivity contribution in [3.63, 3.8) is 0 Å². The number of hydrogen-bond acceptors (Lipinski definition) is 1. The average Bonchev–Trinajstić information content (AvgIpc) is 2.82. The molecule has 0 amide bonds. The Balaban J connectivity index is 1.30. The number of benzene rings is 1. The number of hydrogen-bond donors (Lipinski definition) is 0. The molecule has 2 aliphatic rings. The van der Waals surface area contributed by atoms with Gasteiger partial charge in [-0.1, -0.05) is 102 Å². The third kappa shape index (κ3) is 7.57. The summed E-state index contributed by atoms with van der Waals surface area (Å²) in [7, 11) is -0.679. The molecule has 0 aromatic heterocycles. The molecule has 0 unspecified atom stereocenters. The van der Waals surface area contributed by atoms with Gasteiger partial charge in [0.15, 0.2) is 11.6 Å². The summed E-state index contributed by atoms with van der Waals surface area (Å²) in [6.07, 6.45) is 17.9. The van der Waals surface area contributed by atoms with Crippen molar-refractivity contribution in [2.45, 2.75) is 121 Å². The summed E-state index contributed by atoms with van der Waals surface area (Å²) in [6.45, 7) is 4.44. The average molecular weight is 465 g/mol. The summed E-state index contributed by atoms with van der Waals surface area (Å²) in [5, 5.41) is 0. The van der Waals surface area contributed by atoms with Crippen molar-refractivity contribution < 1.29 is 13.5 Å². The zero-order valence-electron chi connectivity index (χ0n) is 20.6. The Kier molecular flexibility index (Phi) is 11.0. The SMILES string of the molecule is CCCCCC1CCC(CCCC[SiH]2CCC(c3ccc(OCC)c(F)c3F)CC2)CC1. The summed E-state index contributed by atoms with van der Waals surface area (Å²) < 4.78 is 34.0. The van der Waals surface area contributed by atoms with Crippen molar-refractivity contribution in [2.75, 3.05) is 6.61 Å². The minimum absolute atomic E-state index is 0.0433. The van der Waals surface area contributed by atoms with Crippen LogP contribution in [0, 0.1) is 23.5 Å². The zero-order valence-corrected chi connectivity index (χ0v) is 21.8. The van der Waals surface area contributed by atoms with E-state index in [9.17, 15) is 8.78 Å². The number of halogens is 2. The molecule has 1 aromatic rings. The third-order valence-electron chi connectivity index (χ3n) is 8.32. The molecule has 1 saturated heterocycles. The fourth-order valence-corrected chi connectivity index (χ4v) is 9.73. The van der Waals surface area contributed by atoms with Crippen LogP contribution in [0.2, 0.25) is 18.1 Å². The van der Waals surface area contributed by atoms with E-state index in [1.54, 1.807) is 19.1 Å². The van der Waals surface area contributed by atoms with Crippen molar-refractivity contribution in [3.05, 3.63) is 29.3 Å². The fraction of sp³-hybridized carbons (Fsp3) is 0.786. The molecule has 0 spiro atoms. The first kappa shape index (κ1) is 25.7. The highest BCUT2D eigenvalue weighted by atomic mass is 28.3. The van der Waals surface area contributed by atoms with Crippen molar-refractivity contribution in [1.82, 2.24) is 0 Å². The van der Waals surface area contributed by atoms with Gasteiger partial charge in [0, 0.05) is 8.80 Å². The molecular formula is C28H46F2OSi. The molecule has 4 heteroatoms. The number of unbranched alkanes of at least 4 members (excludes halogenated alkanes) is 3. The van der Waals surface area contributed by atoms with Gasteiger partial charge in [0.05, 0.1) is 6.61 Å². The van der Waals surface area contributed by atoms with Crippen LogP contribution in [0.15, 0.2) is 12.1 Å². The van der Waals surface area contributed by atoms with E-state index >= 15 is 0 Å². The highest BCUT2D eigenvalue weighted by Crippen LogP contribution is 2.39. The maximum atomic E-state index is 14.6. The lowest BCUT2D eigenvalue weighted by molar-refractivity contribution is 0.245. The third-order valence-corrected chi connectivity index (χ3v) is 11.8. The molecule has 32 heavy (non-hydrogen) atoms. The summed E-state index contributed by atoms with van der Waals surface area (Å²) in [5.41, 5.74) is 0.573. The molecule has 1 nitrogen and oxygen atoms in total. The largest absolute Gasteiger partial charge is 0.491 e. The summed E-state index contributed by atoms with van der Waals surface area (Å²) in [4.78, 5) is 0. The minimum atomic E-state index is -0.807. The van der Waals surface area contributed by atoms with Crippen molar-refractivity contribution in [1.29, 1.82) is 0 Å². The van der Waals surface area contributed by atoms with Crippen LogP contribution in [-0.4, -0.2) is 15.4 Å². The van der Waals surface area contributed by atoms with Crippen LogP contribution in [0.4, 0.5) is 8.78 Å². The van der Waals surface area contributed by atoms with Gasteiger partial charge >= 0.3 is 0 Å². The molecule has 182 valence electrons. The van der Waals surface area contributed by atoms with Gasteiger partial charge in [-0.3, -0.25) is 0 Å². The lowest BCUT2D eigenvalue weighted by Gasteiger charge is -2.29. The van der Waals surface area contributed by atoms with Gasteiger partial charge < -0.3 is 4.74 Å². The molecule has 3 rings (SSSR count). The Hall–Kier alpha value is -0.903. The van der Waals surface area contributed by atoms with E-state index < -0.39 is 20.4 Å². The van der Waals surface area contributed by atoms with Crippen molar-refractivity contribution in [3.8, 4) is 5.75 Å². The predicted octanol–water partition coefficient (Wildman–Crippen LogP) is 9.03. The van der Waals surface area contributed by atoms with Gasteiger partial charge in [-0.15, -0.1) is 0 Å². The molecule has 0 N–H and O–H groups in total. The maximum absolute atomic E-state index is 14.6.